The molecule has 0 amide bonds. The number of aryl methyl sites for hydroxylation is 2. The molecule has 6 heteroatoms. The normalized spacial score (nSPS) is 10.4. The number of hydrogen-bond acceptors (Lipinski definition) is 5. The third-order valence-electron chi connectivity index (χ3n) is 3.09. The van der Waals surface area contributed by atoms with Gasteiger partial charge in [0.25, 0.3) is 0 Å². The summed E-state index contributed by atoms with van der Waals surface area (Å²) in [6.45, 7) is 5.99. The summed E-state index contributed by atoms with van der Waals surface area (Å²) in [5.41, 5.74) is 5.64. The summed E-state index contributed by atoms with van der Waals surface area (Å²) in [4.78, 5) is 8.88. The van der Waals surface area contributed by atoms with Crippen molar-refractivity contribution in [1.29, 1.82) is 0 Å². The molecule has 20 heavy (non-hydrogen) atoms. The predicted octanol–water partition coefficient (Wildman–Crippen LogP) is 3.45. The first kappa shape index (κ1) is 14.7. The fraction of sp³-hybridized carbons (Fsp3) is 0.286. The maximum atomic E-state index is 5.51. The van der Waals surface area contributed by atoms with Crippen LogP contribution in [0.3, 0.4) is 0 Å². The van der Waals surface area contributed by atoms with Gasteiger partial charge in [0, 0.05) is 16.5 Å². The van der Waals surface area contributed by atoms with E-state index in [-0.39, 0.29) is 0 Å². The van der Waals surface area contributed by atoms with Gasteiger partial charge in [-0.05, 0) is 41.4 Å². The van der Waals surface area contributed by atoms with Crippen molar-refractivity contribution in [2.24, 2.45) is 5.84 Å². The van der Waals surface area contributed by atoms with Gasteiger partial charge in [0.2, 0.25) is 0 Å². The van der Waals surface area contributed by atoms with Crippen LogP contribution >= 0.6 is 15.9 Å². The van der Waals surface area contributed by atoms with Crippen LogP contribution in [0.5, 0.6) is 0 Å². The highest BCUT2D eigenvalue weighted by Crippen LogP contribution is 2.30. The van der Waals surface area contributed by atoms with Gasteiger partial charge in [-0.3, -0.25) is 0 Å². The fourth-order valence-electron chi connectivity index (χ4n) is 1.85. The molecule has 0 unspecified atom stereocenters. The summed E-state index contributed by atoms with van der Waals surface area (Å²) in [7, 11) is 0. The minimum Gasteiger partial charge on any atom is -0.339 e. The lowest BCUT2D eigenvalue weighted by atomic mass is 10.2. The average molecular weight is 336 g/mol. The first-order valence-electron chi connectivity index (χ1n) is 6.43. The van der Waals surface area contributed by atoms with Crippen molar-refractivity contribution in [2.45, 2.75) is 27.2 Å². The Bertz CT molecular complexity index is 627. The van der Waals surface area contributed by atoms with Crippen LogP contribution in [-0.2, 0) is 6.42 Å². The molecule has 1 aromatic heterocycles. The van der Waals surface area contributed by atoms with Gasteiger partial charge in [0.1, 0.15) is 17.5 Å². The summed E-state index contributed by atoms with van der Waals surface area (Å²) in [5.74, 6) is 7.66. The van der Waals surface area contributed by atoms with E-state index in [1.54, 1.807) is 0 Å². The maximum absolute atomic E-state index is 5.51. The van der Waals surface area contributed by atoms with Crippen molar-refractivity contribution in [3.63, 3.8) is 0 Å². The van der Waals surface area contributed by atoms with Crippen molar-refractivity contribution in [3.05, 3.63) is 39.6 Å². The van der Waals surface area contributed by atoms with Crippen molar-refractivity contribution < 1.29 is 0 Å². The second-order valence-corrected chi connectivity index (χ2v) is 5.31. The molecule has 0 aliphatic heterocycles. The number of rotatable bonds is 4. The lowest BCUT2D eigenvalue weighted by Crippen LogP contribution is -2.14. The van der Waals surface area contributed by atoms with Crippen molar-refractivity contribution in [3.8, 4) is 0 Å². The molecule has 0 saturated carbocycles. The Morgan fingerprint density at radius 3 is 2.55 bits per heavy atom. The molecule has 0 atom stereocenters. The van der Waals surface area contributed by atoms with Crippen LogP contribution in [0.1, 0.15) is 23.9 Å². The van der Waals surface area contributed by atoms with E-state index in [1.165, 1.54) is 0 Å². The number of nitrogens with one attached hydrogen (secondary N) is 2. The van der Waals surface area contributed by atoms with Crippen LogP contribution in [-0.4, -0.2) is 9.97 Å². The lowest BCUT2D eigenvalue weighted by molar-refractivity contribution is 0.932. The van der Waals surface area contributed by atoms with Crippen LogP contribution < -0.4 is 16.6 Å². The largest absolute Gasteiger partial charge is 0.339 e. The van der Waals surface area contributed by atoms with Gasteiger partial charge in [0.15, 0.2) is 0 Å². The predicted molar refractivity (Wildman–Crippen MR) is 86.1 cm³/mol. The Morgan fingerprint density at radius 2 is 1.90 bits per heavy atom. The number of halogens is 1. The molecule has 1 heterocycles. The van der Waals surface area contributed by atoms with Crippen molar-refractivity contribution in [2.75, 3.05) is 10.7 Å². The maximum Gasteiger partial charge on any atom is 0.148 e. The number of anilines is 3. The molecular formula is C14H18BrN5. The zero-order chi connectivity index (χ0) is 14.7. The molecule has 0 spiro atoms. The first-order valence-corrected chi connectivity index (χ1v) is 7.22. The van der Waals surface area contributed by atoms with E-state index in [1.807, 2.05) is 39.0 Å². The molecule has 2 aromatic rings. The second-order valence-electron chi connectivity index (χ2n) is 4.52. The Balaban J connectivity index is 2.45. The molecule has 0 aliphatic rings. The summed E-state index contributed by atoms with van der Waals surface area (Å²) < 4.78 is 1.03. The van der Waals surface area contributed by atoms with Gasteiger partial charge in [-0.15, -0.1) is 0 Å². The highest BCUT2D eigenvalue weighted by atomic mass is 79.9. The lowest BCUT2D eigenvalue weighted by Gasteiger charge is -2.14. The van der Waals surface area contributed by atoms with Crippen molar-refractivity contribution >= 4 is 33.3 Å². The summed E-state index contributed by atoms with van der Waals surface area (Å²) in [5, 5.41) is 3.34. The van der Waals surface area contributed by atoms with Gasteiger partial charge in [-0.25, -0.2) is 15.8 Å². The SMILES string of the molecule is CCc1nc(NN)c(C)c(Nc2cccc(C)c2Br)n1. The summed E-state index contributed by atoms with van der Waals surface area (Å²) in [6.07, 6.45) is 0.749. The standard InChI is InChI=1S/C14H18BrN5/c1-4-11-18-13(9(3)14(19-11)20-16)17-10-7-5-6-8(2)12(10)15/h5-7H,4,16H2,1-3H3,(H2,17,18,19,20). The number of hydrazine groups is 1. The average Bonchev–Trinajstić information content (AvgIpc) is 2.45. The minimum atomic E-state index is 0.642. The molecule has 0 bridgehead atoms. The third-order valence-corrected chi connectivity index (χ3v) is 4.14. The zero-order valence-corrected chi connectivity index (χ0v) is 13.4. The van der Waals surface area contributed by atoms with Crippen LogP contribution in [0.15, 0.2) is 22.7 Å². The van der Waals surface area contributed by atoms with E-state index in [0.29, 0.717) is 5.82 Å². The van der Waals surface area contributed by atoms with E-state index < -0.39 is 0 Å². The smallest absolute Gasteiger partial charge is 0.148 e. The van der Waals surface area contributed by atoms with E-state index in [4.69, 9.17) is 5.84 Å². The number of nitrogen functional groups attached to an aromatic ring is 1. The molecule has 0 fully saturated rings. The molecule has 2 rings (SSSR count). The van der Waals surface area contributed by atoms with Gasteiger partial charge in [-0.2, -0.15) is 0 Å². The molecule has 1 aromatic carbocycles. The first-order chi connectivity index (χ1) is 9.56. The highest BCUT2D eigenvalue weighted by molar-refractivity contribution is 9.10. The molecule has 106 valence electrons. The second kappa shape index (κ2) is 6.19. The van der Waals surface area contributed by atoms with E-state index in [0.717, 1.165) is 39.4 Å². The Morgan fingerprint density at radius 1 is 1.20 bits per heavy atom. The summed E-state index contributed by atoms with van der Waals surface area (Å²) in [6, 6.07) is 6.05. The highest BCUT2D eigenvalue weighted by Gasteiger charge is 2.11. The monoisotopic (exact) mass is 335 g/mol. The van der Waals surface area contributed by atoms with Crippen LogP contribution in [0.4, 0.5) is 17.3 Å². The van der Waals surface area contributed by atoms with Gasteiger partial charge < -0.3 is 10.7 Å². The molecular weight excluding hydrogens is 318 g/mol. The van der Waals surface area contributed by atoms with Crippen LogP contribution in [0, 0.1) is 13.8 Å². The van der Waals surface area contributed by atoms with E-state index in [2.05, 4.69) is 36.6 Å². The van der Waals surface area contributed by atoms with E-state index >= 15 is 0 Å². The van der Waals surface area contributed by atoms with Crippen molar-refractivity contribution in [1.82, 2.24) is 9.97 Å². The fourth-order valence-corrected chi connectivity index (χ4v) is 2.22. The van der Waals surface area contributed by atoms with Crippen LogP contribution in [0.25, 0.3) is 0 Å². The number of benzene rings is 1. The molecule has 0 radical (unpaired) electrons. The van der Waals surface area contributed by atoms with Gasteiger partial charge in [-0.1, -0.05) is 19.1 Å². The molecule has 0 saturated heterocycles. The number of aromatic nitrogens is 2. The molecule has 4 N–H and O–H groups in total. The van der Waals surface area contributed by atoms with Gasteiger partial charge >= 0.3 is 0 Å². The minimum absolute atomic E-state index is 0.642. The van der Waals surface area contributed by atoms with Crippen LogP contribution in [0.2, 0.25) is 0 Å². The Kier molecular flexibility index (Phi) is 4.57. The number of nitrogens with two attached hydrogens (primary N) is 1. The number of hydrogen-bond donors (Lipinski definition) is 3. The Labute approximate surface area is 127 Å². The Hall–Kier alpha value is -1.66. The topological polar surface area (TPSA) is 75.9 Å². The van der Waals surface area contributed by atoms with Gasteiger partial charge in [0.05, 0.1) is 5.69 Å². The zero-order valence-electron chi connectivity index (χ0n) is 11.8. The quantitative estimate of drug-likeness (QED) is 0.589. The molecule has 5 nitrogen and oxygen atoms in total. The summed E-state index contributed by atoms with van der Waals surface area (Å²) >= 11 is 3.59. The van der Waals surface area contributed by atoms with E-state index in [9.17, 15) is 0 Å². The third kappa shape index (κ3) is 2.91. The molecule has 0 aliphatic carbocycles. The number of nitrogens with zero attached hydrogens (tertiary/aromatic N) is 2.